The molecule has 0 fully saturated rings. The first kappa shape index (κ1) is 12.0. The second kappa shape index (κ2) is 5.27. The highest BCUT2D eigenvalue weighted by Crippen LogP contribution is 2.29. The van der Waals surface area contributed by atoms with E-state index in [1.807, 2.05) is 12.1 Å². The van der Waals surface area contributed by atoms with Crippen LogP contribution in [0.15, 0.2) is 36.7 Å². The highest BCUT2D eigenvalue weighted by molar-refractivity contribution is 5.72. The molecule has 0 aliphatic heterocycles. The van der Waals surface area contributed by atoms with E-state index in [2.05, 4.69) is 10.3 Å². The average Bonchev–Trinajstić information content (AvgIpc) is 2.41. The fourth-order valence-corrected chi connectivity index (χ4v) is 1.56. The van der Waals surface area contributed by atoms with E-state index in [-0.39, 0.29) is 0 Å². The highest BCUT2D eigenvalue weighted by Gasteiger charge is 2.04. The van der Waals surface area contributed by atoms with Gasteiger partial charge in [0, 0.05) is 30.1 Å². The number of nitrogens with two attached hydrogens (primary N) is 1. The first-order valence-corrected chi connectivity index (χ1v) is 5.42. The van der Waals surface area contributed by atoms with E-state index >= 15 is 0 Å². The lowest BCUT2D eigenvalue weighted by atomic mass is 10.2. The van der Waals surface area contributed by atoms with Gasteiger partial charge in [0.25, 0.3) is 0 Å². The van der Waals surface area contributed by atoms with Crippen molar-refractivity contribution in [1.29, 1.82) is 0 Å². The Morgan fingerprint density at radius 2 is 1.78 bits per heavy atom. The molecule has 0 aliphatic carbocycles. The normalized spacial score (nSPS) is 9.89. The summed E-state index contributed by atoms with van der Waals surface area (Å²) < 4.78 is 10.4. The van der Waals surface area contributed by atoms with Gasteiger partial charge in [-0.05, 0) is 6.07 Å². The maximum atomic E-state index is 5.82. The molecule has 18 heavy (non-hydrogen) atoms. The molecule has 94 valence electrons. The summed E-state index contributed by atoms with van der Waals surface area (Å²) in [7, 11) is 3.22. The van der Waals surface area contributed by atoms with E-state index in [9.17, 15) is 0 Å². The minimum absolute atomic E-state index is 0.583. The van der Waals surface area contributed by atoms with Crippen LogP contribution in [0.2, 0.25) is 0 Å². The van der Waals surface area contributed by atoms with Crippen molar-refractivity contribution in [2.75, 3.05) is 25.3 Å². The Kier molecular flexibility index (Phi) is 3.52. The zero-order chi connectivity index (χ0) is 13.0. The molecule has 1 heterocycles. The zero-order valence-corrected chi connectivity index (χ0v) is 10.3. The molecule has 1 aromatic heterocycles. The topological polar surface area (TPSA) is 69.4 Å². The Balaban J connectivity index is 2.31. The van der Waals surface area contributed by atoms with E-state index in [0.717, 1.165) is 11.4 Å². The minimum Gasteiger partial charge on any atom is -0.497 e. The van der Waals surface area contributed by atoms with Crippen LogP contribution in [0.1, 0.15) is 0 Å². The van der Waals surface area contributed by atoms with Gasteiger partial charge >= 0.3 is 0 Å². The third-order valence-electron chi connectivity index (χ3n) is 2.48. The number of nitrogens with zero attached hydrogens (tertiary/aromatic N) is 1. The lowest BCUT2D eigenvalue weighted by molar-refractivity contribution is 0.395. The van der Waals surface area contributed by atoms with Crippen LogP contribution in [-0.2, 0) is 0 Å². The van der Waals surface area contributed by atoms with Gasteiger partial charge in [0.15, 0.2) is 0 Å². The standard InChI is InChI=1S/C13H15N3O2/c1-17-10-5-9(6-11(7-10)18-2)16-13-3-4-15-8-12(13)14/h3-8H,14H2,1-2H3,(H,15,16). The molecule has 0 unspecified atom stereocenters. The number of anilines is 3. The maximum absolute atomic E-state index is 5.82. The van der Waals surface area contributed by atoms with Crippen LogP contribution in [0.3, 0.4) is 0 Å². The van der Waals surface area contributed by atoms with Crippen molar-refractivity contribution < 1.29 is 9.47 Å². The molecule has 0 spiro atoms. The summed E-state index contributed by atoms with van der Waals surface area (Å²) in [5, 5.41) is 3.20. The van der Waals surface area contributed by atoms with Crippen molar-refractivity contribution in [3.8, 4) is 11.5 Å². The molecular formula is C13H15N3O2. The average molecular weight is 245 g/mol. The van der Waals surface area contributed by atoms with Gasteiger partial charge < -0.3 is 20.5 Å². The van der Waals surface area contributed by atoms with Crippen molar-refractivity contribution >= 4 is 17.1 Å². The van der Waals surface area contributed by atoms with Crippen LogP contribution in [0, 0.1) is 0 Å². The van der Waals surface area contributed by atoms with Crippen molar-refractivity contribution in [3.63, 3.8) is 0 Å². The van der Waals surface area contributed by atoms with Crippen molar-refractivity contribution in [2.45, 2.75) is 0 Å². The van der Waals surface area contributed by atoms with E-state index < -0.39 is 0 Å². The Hall–Kier alpha value is -2.43. The number of benzene rings is 1. The molecule has 0 radical (unpaired) electrons. The summed E-state index contributed by atoms with van der Waals surface area (Å²) in [4.78, 5) is 3.94. The van der Waals surface area contributed by atoms with Crippen molar-refractivity contribution in [2.24, 2.45) is 0 Å². The van der Waals surface area contributed by atoms with Crippen molar-refractivity contribution in [1.82, 2.24) is 4.98 Å². The molecule has 1 aromatic carbocycles. The molecule has 5 nitrogen and oxygen atoms in total. The predicted molar refractivity (Wildman–Crippen MR) is 71.5 cm³/mol. The molecule has 0 saturated carbocycles. The molecule has 5 heteroatoms. The van der Waals surface area contributed by atoms with Crippen LogP contribution >= 0.6 is 0 Å². The third kappa shape index (κ3) is 2.63. The number of pyridine rings is 1. The second-order valence-corrected chi connectivity index (χ2v) is 3.69. The van der Waals surface area contributed by atoms with Crippen LogP contribution in [0.25, 0.3) is 0 Å². The summed E-state index contributed by atoms with van der Waals surface area (Å²) >= 11 is 0. The number of aromatic nitrogens is 1. The summed E-state index contributed by atoms with van der Waals surface area (Å²) in [6.45, 7) is 0. The van der Waals surface area contributed by atoms with Gasteiger partial charge in [-0.1, -0.05) is 0 Å². The number of rotatable bonds is 4. The van der Waals surface area contributed by atoms with Crippen LogP contribution in [-0.4, -0.2) is 19.2 Å². The van der Waals surface area contributed by atoms with Gasteiger partial charge in [0.2, 0.25) is 0 Å². The number of hydrogen-bond donors (Lipinski definition) is 2. The molecule has 0 aliphatic rings. The number of methoxy groups -OCH3 is 2. The molecule has 0 amide bonds. The first-order valence-electron chi connectivity index (χ1n) is 5.42. The summed E-state index contributed by atoms with van der Waals surface area (Å²) in [6.07, 6.45) is 3.27. The Labute approximate surface area is 106 Å². The summed E-state index contributed by atoms with van der Waals surface area (Å²) in [5.74, 6) is 1.42. The lowest BCUT2D eigenvalue weighted by Gasteiger charge is -2.11. The van der Waals surface area contributed by atoms with Crippen LogP contribution < -0.4 is 20.5 Å². The van der Waals surface area contributed by atoms with Crippen molar-refractivity contribution in [3.05, 3.63) is 36.7 Å². The number of hydrogen-bond acceptors (Lipinski definition) is 5. The Bertz CT molecular complexity index is 521. The van der Waals surface area contributed by atoms with Gasteiger partial charge in [-0.2, -0.15) is 0 Å². The van der Waals surface area contributed by atoms with E-state index in [4.69, 9.17) is 15.2 Å². The number of nitrogen functional groups attached to an aromatic ring is 1. The first-order chi connectivity index (χ1) is 8.72. The zero-order valence-electron chi connectivity index (χ0n) is 10.3. The van der Waals surface area contributed by atoms with Crippen LogP contribution in [0.4, 0.5) is 17.1 Å². The minimum atomic E-state index is 0.583. The van der Waals surface area contributed by atoms with E-state index in [0.29, 0.717) is 17.2 Å². The maximum Gasteiger partial charge on any atom is 0.124 e. The fourth-order valence-electron chi connectivity index (χ4n) is 1.56. The van der Waals surface area contributed by atoms with E-state index in [1.165, 1.54) is 0 Å². The number of nitrogens with one attached hydrogen (secondary N) is 1. The SMILES string of the molecule is COc1cc(Nc2ccncc2N)cc(OC)c1. The third-order valence-corrected chi connectivity index (χ3v) is 2.48. The van der Waals surface area contributed by atoms with Gasteiger partial charge in [-0.15, -0.1) is 0 Å². The summed E-state index contributed by atoms with van der Waals surface area (Å²) in [5.41, 5.74) is 8.03. The number of ether oxygens (including phenoxy) is 2. The molecular weight excluding hydrogens is 230 g/mol. The van der Waals surface area contributed by atoms with E-state index in [1.54, 1.807) is 38.7 Å². The van der Waals surface area contributed by atoms with Gasteiger partial charge in [-0.3, -0.25) is 4.98 Å². The molecule has 0 bridgehead atoms. The fraction of sp³-hybridized carbons (Fsp3) is 0.154. The Morgan fingerprint density at radius 1 is 1.11 bits per heavy atom. The molecule has 2 rings (SSSR count). The van der Waals surface area contributed by atoms with Gasteiger partial charge in [0.1, 0.15) is 11.5 Å². The second-order valence-electron chi connectivity index (χ2n) is 3.69. The largest absolute Gasteiger partial charge is 0.497 e. The lowest BCUT2D eigenvalue weighted by Crippen LogP contribution is -1.97. The van der Waals surface area contributed by atoms with Gasteiger partial charge in [0.05, 0.1) is 31.8 Å². The smallest absolute Gasteiger partial charge is 0.124 e. The molecule has 3 N–H and O–H groups in total. The summed E-state index contributed by atoms with van der Waals surface area (Å²) in [6, 6.07) is 7.34. The van der Waals surface area contributed by atoms with Gasteiger partial charge in [-0.25, -0.2) is 0 Å². The monoisotopic (exact) mass is 245 g/mol. The van der Waals surface area contributed by atoms with Crippen LogP contribution in [0.5, 0.6) is 11.5 Å². The highest BCUT2D eigenvalue weighted by atomic mass is 16.5. The molecule has 2 aromatic rings. The predicted octanol–water partition coefficient (Wildman–Crippen LogP) is 2.42. The Morgan fingerprint density at radius 3 is 2.33 bits per heavy atom. The molecule has 0 saturated heterocycles. The molecule has 0 atom stereocenters. The quantitative estimate of drug-likeness (QED) is 0.865.